The molecule has 1 heterocycles. The van der Waals surface area contributed by atoms with Crippen LogP contribution in [0.2, 0.25) is 0 Å². The third-order valence-corrected chi connectivity index (χ3v) is 4.38. The van der Waals surface area contributed by atoms with Crippen molar-refractivity contribution in [3.8, 4) is 0 Å². The van der Waals surface area contributed by atoms with E-state index in [2.05, 4.69) is 34.4 Å². The molecule has 29 heavy (non-hydrogen) atoms. The lowest BCUT2D eigenvalue weighted by atomic mass is 10.0. The molecule has 0 aliphatic rings. The van der Waals surface area contributed by atoms with E-state index < -0.39 is 11.7 Å². The standard InChI is InChI=1S/C22H23F3N4/c1-14(2)12-16-9-5-7-11-19(16)27-20-17(22(23,24)25)13-26-21(29-20)28-18-10-6-4-8-15(18)3/h4-11,13-14H,12H2,1-3H3,(H2,26,27,28,29). The van der Waals surface area contributed by atoms with Crippen molar-refractivity contribution < 1.29 is 13.2 Å². The average Bonchev–Trinajstić information content (AvgIpc) is 2.64. The Balaban J connectivity index is 1.99. The molecule has 3 rings (SSSR count). The van der Waals surface area contributed by atoms with Crippen molar-refractivity contribution in [1.82, 2.24) is 9.97 Å². The monoisotopic (exact) mass is 400 g/mol. The Morgan fingerprint density at radius 1 is 0.931 bits per heavy atom. The highest BCUT2D eigenvalue weighted by Gasteiger charge is 2.35. The highest BCUT2D eigenvalue weighted by atomic mass is 19.4. The van der Waals surface area contributed by atoms with E-state index in [9.17, 15) is 13.2 Å². The molecule has 0 unspecified atom stereocenters. The van der Waals surface area contributed by atoms with Crippen molar-refractivity contribution in [2.45, 2.75) is 33.4 Å². The number of aryl methyl sites for hydroxylation is 1. The van der Waals surface area contributed by atoms with Gasteiger partial charge >= 0.3 is 6.18 Å². The molecule has 0 fully saturated rings. The van der Waals surface area contributed by atoms with Gasteiger partial charge in [-0.2, -0.15) is 18.2 Å². The molecule has 7 heteroatoms. The third-order valence-electron chi connectivity index (χ3n) is 4.38. The molecule has 4 nitrogen and oxygen atoms in total. The van der Waals surface area contributed by atoms with Gasteiger partial charge < -0.3 is 10.6 Å². The van der Waals surface area contributed by atoms with Crippen molar-refractivity contribution in [1.29, 1.82) is 0 Å². The van der Waals surface area contributed by atoms with Crippen molar-refractivity contribution in [2.75, 3.05) is 10.6 Å². The summed E-state index contributed by atoms with van der Waals surface area (Å²) in [5, 5.41) is 5.88. The van der Waals surface area contributed by atoms with Crippen molar-refractivity contribution in [2.24, 2.45) is 5.92 Å². The zero-order valence-corrected chi connectivity index (χ0v) is 16.5. The zero-order chi connectivity index (χ0) is 21.0. The minimum absolute atomic E-state index is 0.0936. The van der Waals surface area contributed by atoms with Crippen LogP contribution in [0.15, 0.2) is 54.7 Å². The molecule has 0 atom stereocenters. The van der Waals surface area contributed by atoms with Crippen molar-refractivity contribution in [3.05, 3.63) is 71.4 Å². The third kappa shape index (κ3) is 5.25. The highest BCUT2D eigenvalue weighted by Crippen LogP contribution is 2.36. The fraction of sp³-hybridized carbons (Fsp3) is 0.273. The number of halogens is 3. The molecule has 0 bridgehead atoms. The van der Waals surface area contributed by atoms with Crippen LogP contribution in [0.5, 0.6) is 0 Å². The summed E-state index contributed by atoms with van der Waals surface area (Å²) < 4.78 is 40.6. The molecule has 0 amide bonds. The Hall–Kier alpha value is -3.09. The maximum Gasteiger partial charge on any atom is 0.421 e. The average molecular weight is 400 g/mol. The van der Waals surface area contributed by atoms with Gasteiger partial charge in [0.25, 0.3) is 0 Å². The molecule has 1 aromatic heterocycles. The first-order valence-corrected chi connectivity index (χ1v) is 9.36. The fourth-order valence-electron chi connectivity index (χ4n) is 2.97. The Morgan fingerprint density at radius 3 is 2.24 bits per heavy atom. The first-order valence-electron chi connectivity index (χ1n) is 9.36. The molecule has 0 spiro atoms. The van der Waals surface area contributed by atoms with Gasteiger partial charge in [-0.25, -0.2) is 4.98 Å². The summed E-state index contributed by atoms with van der Waals surface area (Å²) in [7, 11) is 0. The topological polar surface area (TPSA) is 49.8 Å². The summed E-state index contributed by atoms with van der Waals surface area (Å²) in [4.78, 5) is 8.01. The lowest BCUT2D eigenvalue weighted by Crippen LogP contribution is -2.13. The maximum absolute atomic E-state index is 13.5. The highest BCUT2D eigenvalue weighted by molar-refractivity contribution is 5.66. The van der Waals surface area contributed by atoms with Gasteiger partial charge in [0.05, 0.1) is 0 Å². The number of nitrogens with one attached hydrogen (secondary N) is 2. The van der Waals surface area contributed by atoms with Gasteiger partial charge in [-0.05, 0) is 42.5 Å². The smallest absolute Gasteiger partial charge is 0.339 e. The molecule has 2 aromatic carbocycles. The lowest BCUT2D eigenvalue weighted by Gasteiger charge is -2.17. The van der Waals surface area contributed by atoms with Crippen LogP contribution >= 0.6 is 0 Å². The molecular formula is C22H23F3N4. The normalized spacial score (nSPS) is 11.6. The van der Waals surface area contributed by atoms with Crippen LogP contribution in [0.1, 0.15) is 30.5 Å². The minimum Gasteiger partial charge on any atom is -0.339 e. The number of benzene rings is 2. The largest absolute Gasteiger partial charge is 0.421 e. The van der Waals surface area contributed by atoms with E-state index in [0.717, 1.165) is 29.4 Å². The van der Waals surface area contributed by atoms with Gasteiger partial charge in [-0.15, -0.1) is 0 Å². The van der Waals surface area contributed by atoms with Crippen LogP contribution in [0, 0.1) is 12.8 Å². The number of nitrogens with zero attached hydrogens (tertiary/aromatic N) is 2. The van der Waals surface area contributed by atoms with Crippen LogP contribution in [0.4, 0.5) is 36.3 Å². The minimum atomic E-state index is -4.57. The van der Waals surface area contributed by atoms with Gasteiger partial charge in [-0.1, -0.05) is 50.2 Å². The van der Waals surface area contributed by atoms with Crippen LogP contribution in [0.3, 0.4) is 0 Å². The zero-order valence-electron chi connectivity index (χ0n) is 16.5. The second-order valence-corrected chi connectivity index (χ2v) is 7.27. The second-order valence-electron chi connectivity index (χ2n) is 7.27. The Bertz CT molecular complexity index is 984. The first kappa shape index (κ1) is 20.6. The van der Waals surface area contributed by atoms with E-state index in [4.69, 9.17) is 0 Å². The van der Waals surface area contributed by atoms with E-state index >= 15 is 0 Å². The number of para-hydroxylation sites is 2. The molecule has 3 aromatic rings. The van der Waals surface area contributed by atoms with Gasteiger partial charge in [0, 0.05) is 17.6 Å². The van der Waals surface area contributed by atoms with Crippen LogP contribution < -0.4 is 10.6 Å². The maximum atomic E-state index is 13.5. The predicted octanol–water partition coefficient (Wildman–Crippen LogP) is 6.49. The Morgan fingerprint density at radius 2 is 1.59 bits per heavy atom. The van der Waals surface area contributed by atoms with Gasteiger partial charge in [0.2, 0.25) is 5.95 Å². The fourth-order valence-corrected chi connectivity index (χ4v) is 2.97. The summed E-state index contributed by atoms with van der Waals surface area (Å²) in [6.45, 7) is 6.02. The molecule has 0 saturated heterocycles. The number of alkyl halides is 3. The SMILES string of the molecule is Cc1ccccc1Nc1ncc(C(F)(F)F)c(Nc2ccccc2CC(C)C)n1. The van der Waals surface area contributed by atoms with Crippen molar-refractivity contribution >= 4 is 23.1 Å². The van der Waals surface area contributed by atoms with Gasteiger partial charge in [0.1, 0.15) is 11.4 Å². The van der Waals surface area contributed by atoms with E-state index in [0.29, 0.717) is 11.6 Å². The van der Waals surface area contributed by atoms with Crippen LogP contribution in [0.25, 0.3) is 0 Å². The number of hydrogen-bond donors (Lipinski definition) is 2. The molecule has 0 saturated carbocycles. The molecule has 152 valence electrons. The number of anilines is 4. The summed E-state index contributed by atoms with van der Waals surface area (Å²) in [6.07, 6.45) is -3.03. The molecule has 0 aliphatic carbocycles. The number of aromatic nitrogens is 2. The predicted molar refractivity (Wildman–Crippen MR) is 110 cm³/mol. The Labute approximate surface area is 168 Å². The van der Waals surface area contributed by atoms with E-state index in [1.54, 1.807) is 12.1 Å². The first-order chi connectivity index (χ1) is 13.7. The second kappa shape index (κ2) is 8.51. The molecule has 0 aliphatic heterocycles. The number of hydrogen-bond acceptors (Lipinski definition) is 4. The molecule has 2 N–H and O–H groups in total. The lowest BCUT2D eigenvalue weighted by molar-refractivity contribution is -0.137. The van der Waals surface area contributed by atoms with Gasteiger partial charge in [-0.3, -0.25) is 0 Å². The quantitative estimate of drug-likeness (QED) is 0.497. The van der Waals surface area contributed by atoms with E-state index in [-0.39, 0.29) is 11.8 Å². The summed E-state index contributed by atoms with van der Waals surface area (Å²) >= 11 is 0. The van der Waals surface area contributed by atoms with Crippen molar-refractivity contribution in [3.63, 3.8) is 0 Å². The summed E-state index contributed by atoms with van der Waals surface area (Å²) in [5.41, 5.74) is 2.30. The summed E-state index contributed by atoms with van der Waals surface area (Å²) in [6, 6.07) is 14.8. The van der Waals surface area contributed by atoms with Gasteiger partial charge in [0.15, 0.2) is 0 Å². The number of rotatable bonds is 6. The molecular weight excluding hydrogens is 377 g/mol. The summed E-state index contributed by atoms with van der Waals surface area (Å²) in [5.74, 6) is 0.180. The Kier molecular flexibility index (Phi) is 6.06. The van der Waals surface area contributed by atoms with E-state index in [1.165, 1.54) is 0 Å². The van der Waals surface area contributed by atoms with Crippen LogP contribution in [-0.2, 0) is 12.6 Å². The molecule has 0 radical (unpaired) electrons. The van der Waals surface area contributed by atoms with E-state index in [1.807, 2.05) is 43.3 Å². The van der Waals surface area contributed by atoms with Crippen LogP contribution in [-0.4, -0.2) is 9.97 Å².